The van der Waals surface area contributed by atoms with Crippen LogP contribution in [0.4, 0.5) is 0 Å². The van der Waals surface area contributed by atoms with E-state index in [1.165, 1.54) is 0 Å². The zero-order valence-electron chi connectivity index (χ0n) is 6.19. The van der Waals surface area contributed by atoms with E-state index in [2.05, 4.69) is 31.9 Å². The lowest BCUT2D eigenvalue weighted by atomic mass is 10.3. The van der Waals surface area contributed by atoms with Crippen LogP contribution in [-0.4, -0.2) is 0 Å². The molecule has 0 spiro atoms. The standard InChI is InChI=1S/C7H7Br2NO/c1-4-6(8)3-7(9)5(2)10(4)11/h3H,1-2H3. The Morgan fingerprint density at radius 2 is 1.55 bits per heavy atom. The fourth-order valence-electron chi connectivity index (χ4n) is 0.766. The number of aromatic nitrogens is 1. The molecule has 60 valence electrons. The van der Waals surface area contributed by atoms with Crippen LogP contribution in [0.5, 0.6) is 0 Å². The van der Waals surface area contributed by atoms with Crippen LogP contribution in [0.15, 0.2) is 15.0 Å². The molecule has 0 saturated carbocycles. The summed E-state index contributed by atoms with van der Waals surface area (Å²) in [7, 11) is 0. The van der Waals surface area contributed by atoms with Crippen LogP contribution in [0.2, 0.25) is 0 Å². The zero-order valence-corrected chi connectivity index (χ0v) is 9.36. The Balaban J connectivity index is 3.46. The lowest BCUT2D eigenvalue weighted by molar-refractivity contribution is -0.620. The molecule has 0 aliphatic heterocycles. The van der Waals surface area contributed by atoms with Crippen LogP contribution in [-0.2, 0) is 0 Å². The maximum atomic E-state index is 11.3. The van der Waals surface area contributed by atoms with E-state index in [4.69, 9.17) is 0 Å². The minimum atomic E-state index is 0.686. The molecule has 0 bridgehead atoms. The highest BCUT2D eigenvalue weighted by molar-refractivity contribution is 9.11. The predicted octanol–water partition coefficient (Wildman–Crippen LogP) is 2.46. The largest absolute Gasteiger partial charge is 0.618 e. The summed E-state index contributed by atoms with van der Waals surface area (Å²) in [5.74, 6) is 0. The molecule has 1 heterocycles. The van der Waals surface area contributed by atoms with Gasteiger partial charge in [0.2, 0.25) is 11.4 Å². The molecule has 0 amide bonds. The van der Waals surface area contributed by atoms with Gasteiger partial charge in [-0.3, -0.25) is 0 Å². The van der Waals surface area contributed by atoms with E-state index in [0.29, 0.717) is 11.4 Å². The molecule has 0 aromatic carbocycles. The van der Waals surface area contributed by atoms with Crippen LogP contribution in [0.1, 0.15) is 11.4 Å². The first-order valence-corrected chi connectivity index (χ1v) is 4.67. The van der Waals surface area contributed by atoms with Crippen molar-refractivity contribution >= 4 is 31.9 Å². The number of nitrogens with zero attached hydrogens (tertiary/aromatic N) is 1. The molecule has 0 fully saturated rings. The first-order chi connectivity index (χ1) is 5.04. The Hall–Kier alpha value is -0.0900. The molecule has 1 aromatic rings. The van der Waals surface area contributed by atoms with E-state index in [1.54, 1.807) is 13.8 Å². The minimum Gasteiger partial charge on any atom is -0.618 e. The van der Waals surface area contributed by atoms with Gasteiger partial charge in [0.15, 0.2) is 0 Å². The maximum absolute atomic E-state index is 11.3. The molecule has 0 atom stereocenters. The van der Waals surface area contributed by atoms with Gasteiger partial charge < -0.3 is 5.21 Å². The second-order valence-corrected chi connectivity index (χ2v) is 4.01. The second kappa shape index (κ2) is 3.11. The van der Waals surface area contributed by atoms with E-state index in [-0.39, 0.29) is 0 Å². The molecule has 0 aliphatic rings. The molecule has 11 heavy (non-hydrogen) atoms. The summed E-state index contributed by atoms with van der Waals surface area (Å²) in [5.41, 5.74) is 1.37. The summed E-state index contributed by atoms with van der Waals surface area (Å²) in [6.45, 7) is 3.55. The van der Waals surface area contributed by atoms with Crippen molar-refractivity contribution in [2.24, 2.45) is 0 Å². The lowest BCUT2D eigenvalue weighted by Crippen LogP contribution is -2.34. The van der Waals surface area contributed by atoms with Gasteiger partial charge in [-0.1, -0.05) is 0 Å². The number of rotatable bonds is 0. The highest BCUT2D eigenvalue weighted by atomic mass is 79.9. The maximum Gasteiger partial charge on any atom is 0.204 e. The van der Waals surface area contributed by atoms with Gasteiger partial charge in [-0.05, 0) is 37.9 Å². The average molecular weight is 281 g/mol. The average Bonchev–Trinajstić information content (AvgIpc) is 1.97. The first-order valence-electron chi connectivity index (χ1n) is 3.09. The SMILES string of the molecule is Cc1c(Br)cc(Br)c(C)[n+]1[O-]. The summed E-state index contributed by atoms with van der Waals surface area (Å²) in [4.78, 5) is 0. The molecular weight excluding hydrogens is 274 g/mol. The summed E-state index contributed by atoms with van der Waals surface area (Å²) in [5, 5.41) is 11.3. The first kappa shape index (κ1) is 9.00. The third-order valence-electron chi connectivity index (χ3n) is 1.55. The van der Waals surface area contributed by atoms with Gasteiger partial charge in [-0.25, -0.2) is 0 Å². The van der Waals surface area contributed by atoms with Crippen molar-refractivity contribution in [3.63, 3.8) is 0 Å². The van der Waals surface area contributed by atoms with Crippen molar-refractivity contribution < 1.29 is 4.73 Å². The van der Waals surface area contributed by atoms with Crippen molar-refractivity contribution in [1.82, 2.24) is 0 Å². The lowest BCUT2D eigenvalue weighted by Gasteiger charge is -2.06. The Labute approximate surface area is 82.1 Å². The molecule has 0 radical (unpaired) electrons. The zero-order chi connectivity index (χ0) is 8.59. The quantitative estimate of drug-likeness (QED) is 0.530. The predicted molar refractivity (Wildman–Crippen MR) is 50.3 cm³/mol. The van der Waals surface area contributed by atoms with Gasteiger partial charge in [0.25, 0.3) is 0 Å². The molecule has 0 unspecified atom stereocenters. The molecule has 0 aliphatic carbocycles. The van der Waals surface area contributed by atoms with Gasteiger partial charge in [-0.15, -0.1) is 0 Å². The highest BCUT2D eigenvalue weighted by Crippen LogP contribution is 2.20. The van der Waals surface area contributed by atoms with Gasteiger partial charge in [0.05, 0.1) is 8.95 Å². The van der Waals surface area contributed by atoms with Crippen molar-refractivity contribution in [2.45, 2.75) is 13.8 Å². The molecule has 4 heteroatoms. The fourth-order valence-corrected chi connectivity index (χ4v) is 1.85. The molecule has 0 N–H and O–H groups in total. The van der Waals surface area contributed by atoms with Gasteiger partial charge in [0, 0.05) is 13.8 Å². The summed E-state index contributed by atoms with van der Waals surface area (Å²) in [6, 6.07) is 1.87. The second-order valence-electron chi connectivity index (χ2n) is 2.31. The molecule has 1 aromatic heterocycles. The Morgan fingerprint density at radius 3 is 1.91 bits per heavy atom. The van der Waals surface area contributed by atoms with Crippen LogP contribution in [0.25, 0.3) is 0 Å². The fraction of sp³-hybridized carbons (Fsp3) is 0.286. The molecule has 2 nitrogen and oxygen atoms in total. The third kappa shape index (κ3) is 1.56. The number of hydrogen-bond acceptors (Lipinski definition) is 1. The van der Waals surface area contributed by atoms with E-state index in [9.17, 15) is 5.21 Å². The van der Waals surface area contributed by atoms with Crippen molar-refractivity contribution in [3.05, 3.63) is 31.6 Å². The van der Waals surface area contributed by atoms with Crippen LogP contribution >= 0.6 is 31.9 Å². The number of halogens is 2. The molecule has 1 rings (SSSR count). The van der Waals surface area contributed by atoms with Gasteiger partial charge >= 0.3 is 0 Å². The van der Waals surface area contributed by atoms with Crippen molar-refractivity contribution in [3.8, 4) is 0 Å². The highest BCUT2D eigenvalue weighted by Gasteiger charge is 2.11. The van der Waals surface area contributed by atoms with Crippen molar-refractivity contribution in [1.29, 1.82) is 0 Å². The third-order valence-corrected chi connectivity index (χ3v) is 3.16. The Morgan fingerprint density at radius 1 is 1.18 bits per heavy atom. The molecular formula is C7H7Br2NO. The smallest absolute Gasteiger partial charge is 0.204 e. The van der Waals surface area contributed by atoms with Crippen LogP contribution in [0.3, 0.4) is 0 Å². The topological polar surface area (TPSA) is 26.9 Å². The molecule has 0 saturated heterocycles. The van der Waals surface area contributed by atoms with E-state index < -0.39 is 0 Å². The van der Waals surface area contributed by atoms with Crippen LogP contribution in [0, 0.1) is 19.1 Å². The number of pyridine rings is 1. The van der Waals surface area contributed by atoms with Gasteiger partial charge in [0.1, 0.15) is 0 Å². The minimum absolute atomic E-state index is 0.686. The summed E-state index contributed by atoms with van der Waals surface area (Å²) < 4.78 is 2.55. The summed E-state index contributed by atoms with van der Waals surface area (Å²) >= 11 is 6.56. The van der Waals surface area contributed by atoms with E-state index in [0.717, 1.165) is 13.7 Å². The Kier molecular flexibility index (Phi) is 2.54. The van der Waals surface area contributed by atoms with E-state index >= 15 is 0 Å². The summed E-state index contributed by atoms with van der Waals surface area (Å²) in [6.07, 6.45) is 0. The Bertz CT molecular complexity index is 273. The monoisotopic (exact) mass is 279 g/mol. The van der Waals surface area contributed by atoms with Crippen molar-refractivity contribution in [2.75, 3.05) is 0 Å². The normalized spacial score (nSPS) is 10.2. The number of hydrogen-bond donors (Lipinski definition) is 0. The van der Waals surface area contributed by atoms with Crippen LogP contribution < -0.4 is 4.73 Å². The van der Waals surface area contributed by atoms with E-state index in [1.807, 2.05) is 6.07 Å². The van der Waals surface area contributed by atoms with Gasteiger partial charge in [-0.2, -0.15) is 4.73 Å².